The van der Waals surface area contributed by atoms with Crippen LogP contribution in [0.25, 0.3) is 0 Å². The Hall–Kier alpha value is -0.860. The van der Waals surface area contributed by atoms with Gasteiger partial charge in [0, 0.05) is 25.2 Å². The minimum atomic E-state index is 0.479. The summed E-state index contributed by atoms with van der Waals surface area (Å²) in [5, 5.41) is 3.65. The summed E-state index contributed by atoms with van der Waals surface area (Å²) in [4.78, 5) is 2.82. The molecule has 1 aromatic carbocycles. The van der Waals surface area contributed by atoms with Gasteiger partial charge in [0.25, 0.3) is 0 Å². The van der Waals surface area contributed by atoms with Crippen molar-refractivity contribution in [1.29, 1.82) is 0 Å². The van der Waals surface area contributed by atoms with E-state index in [1.54, 1.807) is 0 Å². The molecule has 1 aromatic rings. The number of nitrogens with zero attached hydrogens (tertiary/aromatic N) is 1. The van der Waals surface area contributed by atoms with Crippen LogP contribution in [0.3, 0.4) is 0 Å². The van der Waals surface area contributed by atoms with Crippen LogP contribution < -0.4 is 5.32 Å². The second-order valence-corrected chi connectivity index (χ2v) is 7.05. The van der Waals surface area contributed by atoms with Gasteiger partial charge in [-0.05, 0) is 37.3 Å². The summed E-state index contributed by atoms with van der Waals surface area (Å²) in [7, 11) is 0. The Labute approximate surface area is 129 Å². The van der Waals surface area contributed by atoms with Crippen molar-refractivity contribution in [2.24, 2.45) is 0 Å². The third-order valence-corrected chi connectivity index (χ3v) is 5.67. The van der Waals surface area contributed by atoms with E-state index in [4.69, 9.17) is 0 Å². The second kappa shape index (κ2) is 6.93. The highest BCUT2D eigenvalue weighted by Gasteiger charge is 2.39. The van der Waals surface area contributed by atoms with Gasteiger partial charge in [-0.2, -0.15) is 0 Å². The van der Waals surface area contributed by atoms with Crippen LogP contribution in [0.2, 0.25) is 0 Å². The normalized spacial score (nSPS) is 24.0. The minimum absolute atomic E-state index is 0.479. The maximum absolute atomic E-state index is 3.65. The van der Waals surface area contributed by atoms with E-state index >= 15 is 0 Å². The fraction of sp³-hybridized carbons (Fsp3) is 0.684. The average Bonchev–Trinajstić information content (AvgIpc) is 2.55. The van der Waals surface area contributed by atoms with Gasteiger partial charge < -0.3 is 5.32 Å². The van der Waals surface area contributed by atoms with E-state index in [0.29, 0.717) is 11.5 Å². The van der Waals surface area contributed by atoms with E-state index < -0.39 is 0 Å². The van der Waals surface area contributed by atoms with Crippen molar-refractivity contribution >= 4 is 0 Å². The van der Waals surface area contributed by atoms with Crippen LogP contribution in [0.1, 0.15) is 56.9 Å². The van der Waals surface area contributed by atoms with Gasteiger partial charge in [0.15, 0.2) is 0 Å². The fourth-order valence-corrected chi connectivity index (χ4v) is 4.23. The van der Waals surface area contributed by atoms with Crippen LogP contribution in [-0.2, 0) is 0 Å². The van der Waals surface area contributed by atoms with Gasteiger partial charge in [0.05, 0.1) is 0 Å². The lowest BCUT2D eigenvalue weighted by Gasteiger charge is -2.50. The molecule has 116 valence electrons. The predicted molar refractivity (Wildman–Crippen MR) is 89.7 cm³/mol. The van der Waals surface area contributed by atoms with Crippen LogP contribution in [0.4, 0.5) is 0 Å². The largest absolute Gasteiger partial charge is 0.314 e. The third kappa shape index (κ3) is 3.49. The molecule has 1 atom stereocenters. The summed E-state index contributed by atoms with van der Waals surface area (Å²) < 4.78 is 0. The van der Waals surface area contributed by atoms with Crippen molar-refractivity contribution in [2.75, 3.05) is 26.2 Å². The van der Waals surface area contributed by atoms with Crippen molar-refractivity contribution in [3.05, 3.63) is 35.9 Å². The first-order chi connectivity index (χ1) is 10.3. The molecular weight excluding hydrogens is 256 g/mol. The van der Waals surface area contributed by atoms with Crippen LogP contribution in [0.15, 0.2) is 30.3 Å². The van der Waals surface area contributed by atoms with E-state index in [1.165, 1.54) is 70.3 Å². The molecule has 2 heteroatoms. The zero-order valence-corrected chi connectivity index (χ0v) is 13.5. The third-order valence-electron chi connectivity index (χ3n) is 5.67. The van der Waals surface area contributed by atoms with Gasteiger partial charge in [0.2, 0.25) is 0 Å². The highest BCUT2D eigenvalue weighted by Crippen LogP contribution is 2.35. The lowest BCUT2D eigenvalue weighted by atomic mass is 9.78. The zero-order valence-electron chi connectivity index (χ0n) is 13.5. The topological polar surface area (TPSA) is 15.3 Å². The summed E-state index contributed by atoms with van der Waals surface area (Å²) in [5.41, 5.74) is 1.97. The van der Waals surface area contributed by atoms with E-state index in [-0.39, 0.29) is 0 Å². The number of hydrogen-bond donors (Lipinski definition) is 1. The smallest absolute Gasteiger partial charge is 0.0334 e. The first kappa shape index (κ1) is 15.1. The Morgan fingerprint density at radius 1 is 1.14 bits per heavy atom. The molecule has 1 N–H and O–H groups in total. The molecule has 2 nitrogen and oxygen atoms in total. The van der Waals surface area contributed by atoms with Crippen molar-refractivity contribution in [3.63, 3.8) is 0 Å². The molecule has 1 aliphatic heterocycles. The second-order valence-electron chi connectivity index (χ2n) is 7.05. The van der Waals surface area contributed by atoms with Gasteiger partial charge in [-0.1, -0.05) is 56.5 Å². The van der Waals surface area contributed by atoms with Gasteiger partial charge in [0.1, 0.15) is 0 Å². The molecule has 1 unspecified atom stereocenters. The minimum Gasteiger partial charge on any atom is -0.314 e. The number of benzene rings is 1. The van der Waals surface area contributed by atoms with Crippen molar-refractivity contribution < 1.29 is 0 Å². The molecule has 21 heavy (non-hydrogen) atoms. The lowest BCUT2D eigenvalue weighted by molar-refractivity contribution is 0.0257. The van der Waals surface area contributed by atoms with Crippen molar-refractivity contribution in [2.45, 2.75) is 56.9 Å². The van der Waals surface area contributed by atoms with E-state index in [0.717, 1.165) is 0 Å². The van der Waals surface area contributed by atoms with Crippen LogP contribution >= 0.6 is 0 Å². The number of rotatable bonds is 4. The maximum atomic E-state index is 3.65. The molecule has 0 bridgehead atoms. The van der Waals surface area contributed by atoms with Gasteiger partial charge in [-0.3, -0.25) is 4.90 Å². The molecule has 0 radical (unpaired) electrons. The molecule has 3 rings (SSSR count). The molecule has 1 heterocycles. The zero-order chi connectivity index (χ0) is 14.5. The first-order valence-corrected chi connectivity index (χ1v) is 8.81. The fourth-order valence-electron chi connectivity index (χ4n) is 4.23. The Balaban J connectivity index is 1.60. The molecule has 2 aliphatic rings. The van der Waals surface area contributed by atoms with Crippen LogP contribution in [0, 0.1) is 0 Å². The summed E-state index contributed by atoms with van der Waals surface area (Å²) in [6, 6.07) is 11.0. The monoisotopic (exact) mass is 286 g/mol. The average molecular weight is 286 g/mol. The first-order valence-electron chi connectivity index (χ1n) is 8.81. The van der Waals surface area contributed by atoms with E-state index in [1.807, 2.05) is 0 Å². The molecule has 0 amide bonds. The number of nitrogens with one attached hydrogen (secondary N) is 1. The van der Waals surface area contributed by atoms with Gasteiger partial charge >= 0.3 is 0 Å². The highest BCUT2D eigenvalue weighted by molar-refractivity contribution is 5.18. The lowest BCUT2D eigenvalue weighted by Crippen LogP contribution is -2.62. The number of hydrogen-bond acceptors (Lipinski definition) is 2. The SMILES string of the molecule is CC(CCN1CCNCC12CCCCC2)c1ccccc1. The standard InChI is InChI=1S/C19H30N2/c1-17(18-8-4-2-5-9-18)10-14-21-15-13-20-16-19(21)11-6-3-7-12-19/h2,4-5,8-9,17,20H,3,6-7,10-16H2,1H3. The molecule has 0 aromatic heterocycles. The summed E-state index contributed by atoms with van der Waals surface area (Å²) in [6.07, 6.45) is 8.38. The van der Waals surface area contributed by atoms with Crippen molar-refractivity contribution in [1.82, 2.24) is 10.2 Å². The Kier molecular flexibility index (Phi) is 4.97. The molecule has 1 aliphatic carbocycles. The molecule has 1 saturated carbocycles. The number of piperazine rings is 1. The van der Waals surface area contributed by atoms with E-state index in [2.05, 4.69) is 47.5 Å². The molecular formula is C19H30N2. The summed E-state index contributed by atoms with van der Waals surface area (Å²) in [6.45, 7) is 7.26. The van der Waals surface area contributed by atoms with Gasteiger partial charge in [-0.15, -0.1) is 0 Å². The van der Waals surface area contributed by atoms with Crippen molar-refractivity contribution in [3.8, 4) is 0 Å². The summed E-state index contributed by atoms with van der Waals surface area (Å²) in [5.74, 6) is 0.668. The van der Waals surface area contributed by atoms with E-state index in [9.17, 15) is 0 Å². The Morgan fingerprint density at radius 2 is 1.90 bits per heavy atom. The van der Waals surface area contributed by atoms with Gasteiger partial charge in [-0.25, -0.2) is 0 Å². The molecule has 1 spiro atoms. The maximum Gasteiger partial charge on any atom is 0.0334 e. The molecule has 1 saturated heterocycles. The van der Waals surface area contributed by atoms with Crippen LogP contribution in [0.5, 0.6) is 0 Å². The van der Waals surface area contributed by atoms with Crippen LogP contribution in [-0.4, -0.2) is 36.6 Å². The Morgan fingerprint density at radius 3 is 2.67 bits per heavy atom. The Bertz CT molecular complexity index is 414. The predicted octanol–water partition coefficient (Wildman–Crippen LogP) is 3.79. The quantitative estimate of drug-likeness (QED) is 0.906. The molecule has 2 fully saturated rings. The highest BCUT2D eigenvalue weighted by atomic mass is 15.3. The summed E-state index contributed by atoms with van der Waals surface area (Å²) >= 11 is 0.